The van der Waals surface area contributed by atoms with Gasteiger partial charge in [-0.1, -0.05) is 35.3 Å². The Labute approximate surface area is 200 Å². The van der Waals surface area contributed by atoms with Crippen molar-refractivity contribution in [2.75, 3.05) is 12.4 Å². The van der Waals surface area contributed by atoms with Crippen molar-refractivity contribution in [1.82, 2.24) is 0 Å². The van der Waals surface area contributed by atoms with E-state index in [1.54, 1.807) is 12.1 Å². The average molecular weight is 503 g/mol. The number of nitriles is 1. The van der Waals surface area contributed by atoms with E-state index >= 15 is 0 Å². The fraction of sp³-hybridized carbons (Fsp3) is 0.0435. The minimum atomic E-state index is -4.10. The maximum atomic E-state index is 12.5. The number of rotatable bonds is 7. The van der Waals surface area contributed by atoms with E-state index in [2.05, 4.69) is 5.32 Å². The van der Waals surface area contributed by atoms with E-state index in [0.717, 1.165) is 0 Å². The maximum Gasteiger partial charge on any atom is 0.339 e. The van der Waals surface area contributed by atoms with Crippen LogP contribution in [0.3, 0.4) is 0 Å². The van der Waals surface area contributed by atoms with Crippen LogP contribution in [0, 0.1) is 11.3 Å². The summed E-state index contributed by atoms with van der Waals surface area (Å²) in [5.41, 5.74) is 0.535. The Balaban J connectivity index is 1.79. The number of methoxy groups -OCH3 is 1. The molecule has 0 aromatic heterocycles. The number of carbonyl (C=O) groups is 1. The topological polar surface area (TPSA) is 105 Å². The zero-order valence-corrected chi connectivity index (χ0v) is 19.4. The molecule has 3 rings (SSSR count). The van der Waals surface area contributed by atoms with E-state index < -0.39 is 16.0 Å². The molecular formula is C23H16Cl2N2O5S. The number of hydrogen-bond acceptors (Lipinski definition) is 6. The van der Waals surface area contributed by atoms with E-state index in [4.69, 9.17) is 32.1 Å². The van der Waals surface area contributed by atoms with Crippen molar-refractivity contribution in [2.45, 2.75) is 4.90 Å². The van der Waals surface area contributed by atoms with Crippen molar-refractivity contribution in [3.63, 3.8) is 0 Å². The van der Waals surface area contributed by atoms with Crippen LogP contribution >= 0.6 is 23.2 Å². The Hall–Kier alpha value is -3.51. The van der Waals surface area contributed by atoms with Crippen LogP contribution in [0.1, 0.15) is 5.56 Å². The molecule has 0 radical (unpaired) electrons. The lowest BCUT2D eigenvalue weighted by Crippen LogP contribution is -2.13. The van der Waals surface area contributed by atoms with Crippen LogP contribution in [0.25, 0.3) is 6.08 Å². The Morgan fingerprint density at radius 2 is 1.73 bits per heavy atom. The highest BCUT2D eigenvalue weighted by Gasteiger charge is 2.17. The Morgan fingerprint density at radius 3 is 2.36 bits per heavy atom. The molecule has 168 valence electrons. The highest BCUT2D eigenvalue weighted by atomic mass is 35.5. The second-order valence-electron chi connectivity index (χ2n) is 6.54. The van der Waals surface area contributed by atoms with Gasteiger partial charge in [0.05, 0.1) is 17.2 Å². The lowest BCUT2D eigenvalue weighted by molar-refractivity contribution is -0.112. The molecule has 7 nitrogen and oxygen atoms in total. The monoisotopic (exact) mass is 502 g/mol. The quantitative estimate of drug-likeness (QED) is 0.266. The predicted octanol–water partition coefficient (Wildman–Crippen LogP) is 5.32. The summed E-state index contributed by atoms with van der Waals surface area (Å²) in [6, 6.07) is 18.0. The lowest BCUT2D eigenvalue weighted by Gasteiger charge is -2.09. The molecule has 0 saturated carbocycles. The van der Waals surface area contributed by atoms with E-state index in [1.165, 1.54) is 67.8 Å². The van der Waals surface area contributed by atoms with E-state index in [-0.39, 0.29) is 21.2 Å². The number of anilines is 1. The summed E-state index contributed by atoms with van der Waals surface area (Å²) in [5.74, 6) is -0.154. The number of carbonyl (C=O) groups excluding carboxylic acids is 1. The minimum absolute atomic E-state index is 0.0155. The third-order valence-corrected chi connectivity index (χ3v) is 6.27. The van der Waals surface area contributed by atoms with Gasteiger partial charge in [0.25, 0.3) is 5.91 Å². The standard InChI is InChI=1S/C23H16Cl2N2O5S/c1-31-18-6-8-20(9-7-18)33(29,30)32-19-4-2-3-15(12-19)11-16(14-26)23(28)27-17-5-10-21(24)22(25)13-17/h2-13H,1H3,(H,27,28)/b16-11+. The number of ether oxygens (including phenoxy) is 1. The molecule has 10 heteroatoms. The van der Waals surface area contributed by atoms with Crippen LogP contribution < -0.4 is 14.2 Å². The van der Waals surface area contributed by atoms with Crippen LogP contribution in [0.4, 0.5) is 5.69 Å². The molecule has 0 atom stereocenters. The number of hydrogen-bond donors (Lipinski definition) is 1. The van der Waals surface area contributed by atoms with Gasteiger partial charge >= 0.3 is 10.1 Å². The Morgan fingerprint density at radius 1 is 1.00 bits per heavy atom. The molecule has 3 aromatic carbocycles. The van der Waals surface area contributed by atoms with Gasteiger partial charge in [-0.2, -0.15) is 13.7 Å². The van der Waals surface area contributed by atoms with Crippen molar-refractivity contribution in [3.8, 4) is 17.6 Å². The zero-order chi connectivity index (χ0) is 24.0. The molecule has 0 unspecified atom stereocenters. The van der Waals surface area contributed by atoms with Crippen LogP contribution in [0.2, 0.25) is 10.0 Å². The van der Waals surface area contributed by atoms with E-state index in [9.17, 15) is 18.5 Å². The molecule has 0 heterocycles. The first-order valence-corrected chi connectivity index (χ1v) is 11.4. The van der Waals surface area contributed by atoms with Crippen molar-refractivity contribution >= 4 is 51.0 Å². The normalized spacial score (nSPS) is 11.4. The van der Waals surface area contributed by atoms with Crippen LogP contribution in [0.5, 0.6) is 11.5 Å². The molecule has 0 aliphatic carbocycles. The average Bonchev–Trinajstić information content (AvgIpc) is 2.80. The molecular weight excluding hydrogens is 487 g/mol. The number of nitrogens with one attached hydrogen (secondary N) is 1. The lowest BCUT2D eigenvalue weighted by atomic mass is 10.1. The second kappa shape index (κ2) is 10.4. The molecule has 33 heavy (non-hydrogen) atoms. The van der Waals surface area contributed by atoms with Crippen molar-refractivity contribution in [2.24, 2.45) is 0 Å². The summed E-state index contributed by atoms with van der Waals surface area (Å²) in [7, 11) is -2.63. The molecule has 0 bridgehead atoms. The van der Waals surface area contributed by atoms with Crippen LogP contribution in [0.15, 0.2) is 77.2 Å². The number of halogens is 2. The summed E-state index contributed by atoms with van der Waals surface area (Å²) < 4.78 is 35.3. The highest BCUT2D eigenvalue weighted by molar-refractivity contribution is 7.87. The largest absolute Gasteiger partial charge is 0.497 e. The van der Waals surface area contributed by atoms with Gasteiger partial charge in [-0.3, -0.25) is 4.79 Å². The Bertz CT molecular complexity index is 1360. The Kier molecular flexibility index (Phi) is 7.61. The number of nitrogens with zero attached hydrogens (tertiary/aromatic N) is 1. The first-order valence-electron chi connectivity index (χ1n) is 9.28. The summed E-state index contributed by atoms with van der Waals surface area (Å²) >= 11 is 11.8. The minimum Gasteiger partial charge on any atom is -0.497 e. The third-order valence-electron chi connectivity index (χ3n) is 4.27. The van der Waals surface area contributed by atoms with Gasteiger partial charge in [0.2, 0.25) is 0 Å². The highest BCUT2D eigenvalue weighted by Crippen LogP contribution is 2.26. The van der Waals surface area contributed by atoms with Gasteiger partial charge < -0.3 is 14.2 Å². The van der Waals surface area contributed by atoms with Gasteiger partial charge in [0.1, 0.15) is 28.0 Å². The molecule has 0 spiro atoms. The van der Waals surface area contributed by atoms with Gasteiger partial charge in [-0.15, -0.1) is 0 Å². The van der Waals surface area contributed by atoms with Crippen molar-refractivity contribution in [1.29, 1.82) is 5.26 Å². The van der Waals surface area contributed by atoms with Crippen LogP contribution in [-0.4, -0.2) is 21.4 Å². The fourth-order valence-corrected chi connectivity index (χ4v) is 3.88. The van der Waals surface area contributed by atoms with Crippen LogP contribution in [-0.2, 0) is 14.9 Å². The number of benzene rings is 3. The molecule has 0 aliphatic heterocycles. The zero-order valence-electron chi connectivity index (χ0n) is 17.1. The van der Waals surface area contributed by atoms with Crippen molar-refractivity contribution in [3.05, 3.63) is 87.9 Å². The molecule has 0 aliphatic rings. The SMILES string of the molecule is COc1ccc(S(=O)(=O)Oc2cccc(/C=C(\C#N)C(=O)Nc3ccc(Cl)c(Cl)c3)c2)cc1. The van der Waals surface area contributed by atoms with Gasteiger partial charge in [0.15, 0.2) is 0 Å². The predicted molar refractivity (Wildman–Crippen MR) is 126 cm³/mol. The maximum absolute atomic E-state index is 12.5. The van der Waals surface area contributed by atoms with Crippen molar-refractivity contribution < 1.29 is 22.1 Å². The van der Waals surface area contributed by atoms with E-state index in [0.29, 0.717) is 22.0 Å². The third kappa shape index (κ3) is 6.26. The number of amides is 1. The molecule has 1 amide bonds. The molecule has 0 saturated heterocycles. The summed E-state index contributed by atoms with van der Waals surface area (Å²) in [5, 5.41) is 12.5. The first kappa shape index (κ1) is 24.1. The van der Waals surface area contributed by atoms with Gasteiger partial charge in [-0.05, 0) is 66.2 Å². The summed E-state index contributed by atoms with van der Waals surface area (Å²) in [6.45, 7) is 0. The smallest absolute Gasteiger partial charge is 0.339 e. The molecule has 1 N–H and O–H groups in total. The molecule has 0 fully saturated rings. The van der Waals surface area contributed by atoms with Gasteiger partial charge in [0, 0.05) is 5.69 Å². The first-order chi connectivity index (χ1) is 15.7. The summed E-state index contributed by atoms with van der Waals surface area (Å²) in [4.78, 5) is 12.4. The van der Waals surface area contributed by atoms with E-state index in [1.807, 2.05) is 6.07 Å². The summed E-state index contributed by atoms with van der Waals surface area (Å²) in [6.07, 6.45) is 1.31. The fourth-order valence-electron chi connectivity index (χ4n) is 2.66. The van der Waals surface area contributed by atoms with Gasteiger partial charge in [-0.25, -0.2) is 0 Å². The molecule has 3 aromatic rings. The second-order valence-corrected chi connectivity index (χ2v) is 8.90.